The van der Waals surface area contributed by atoms with Crippen molar-refractivity contribution in [3.05, 3.63) is 0 Å². The third kappa shape index (κ3) is 5.30. The fraction of sp³-hybridized carbons (Fsp3) is 0.500. The Morgan fingerprint density at radius 1 is 1.21 bits per heavy atom. The molecule has 0 radical (unpaired) electrons. The molecular weight excluding hydrogens is 207 g/mol. The van der Waals surface area contributed by atoms with E-state index in [0.717, 1.165) is 6.92 Å². The van der Waals surface area contributed by atoms with Crippen molar-refractivity contribution in [1.82, 2.24) is 0 Å². The summed E-state index contributed by atoms with van der Waals surface area (Å²) in [6, 6.07) is 0. The molecule has 2 unspecified atom stereocenters. The number of hydrogen-bond acceptors (Lipinski definition) is 7. The van der Waals surface area contributed by atoms with Gasteiger partial charge in [0.05, 0.1) is 5.97 Å². The van der Waals surface area contributed by atoms with Gasteiger partial charge in [-0.25, -0.2) is 4.79 Å². The van der Waals surface area contributed by atoms with Gasteiger partial charge in [-0.3, -0.25) is 4.79 Å². The van der Waals surface area contributed by atoms with Crippen molar-refractivity contribution < 1.29 is 64.0 Å². The molecule has 0 aliphatic heterocycles. The quantitative estimate of drug-likeness (QED) is 0.272. The average molecular weight is 214 g/mol. The molecule has 0 aliphatic rings. The van der Waals surface area contributed by atoms with E-state index in [1.54, 1.807) is 0 Å². The van der Waals surface area contributed by atoms with Gasteiger partial charge in [0.15, 0.2) is 6.10 Å². The Balaban J connectivity index is 0. The Labute approximate surface area is 101 Å². The van der Waals surface area contributed by atoms with Crippen LogP contribution in [-0.4, -0.2) is 40.3 Å². The fourth-order valence-electron chi connectivity index (χ4n) is 0.460. The first-order chi connectivity index (χ1) is 5.86. The number of hydrogen-bond donors (Lipinski definition) is 2. The smallest absolute Gasteiger partial charge is 0.547 e. The van der Waals surface area contributed by atoms with Crippen molar-refractivity contribution in [3.8, 4) is 0 Å². The summed E-state index contributed by atoms with van der Waals surface area (Å²) in [5.74, 6) is -4.59. The molecule has 0 heterocycles. The van der Waals surface area contributed by atoms with E-state index < -0.39 is 30.1 Å². The zero-order valence-corrected chi connectivity index (χ0v) is 9.59. The van der Waals surface area contributed by atoms with E-state index in [-0.39, 0.29) is 29.6 Å². The summed E-state index contributed by atoms with van der Waals surface area (Å²) in [5, 5.41) is 27.2. The van der Waals surface area contributed by atoms with Crippen LogP contribution in [0.25, 0.3) is 0 Å². The minimum absolute atomic E-state index is 0. The molecule has 14 heavy (non-hydrogen) atoms. The van der Waals surface area contributed by atoms with Crippen LogP contribution in [0.15, 0.2) is 0 Å². The fourth-order valence-corrected chi connectivity index (χ4v) is 0.460. The van der Waals surface area contributed by atoms with Gasteiger partial charge in [0.25, 0.3) is 0 Å². The Kier molecular flexibility index (Phi) is 7.88. The maximum atomic E-state index is 10.6. The zero-order chi connectivity index (χ0) is 10.6. The number of rotatable bonds is 3. The first-order valence-electron chi connectivity index (χ1n) is 3.15. The van der Waals surface area contributed by atoms with Crippen molar-refractivity contribution in [2.45, 2.75) is 19.1 Å². The molecule has 0 bridgehead atoms. The number of carbonyl (C=O) groups is 3. The summed E-state index contributed by atoms with van der Waals surface area (Å²) in [6.45, 7) is 0.885. The molecule has 74 valence electrons. The molecule has 0 aromatic rings. The van der Waals surface area contributed by atoms with Crippen LogP contribution < -0.4 is 34.7 Å². The average Bonchev–Trinajstić information content (AvgIpc) is 2.00. The van der Waals surface area contributed by atoms with Gasteiger partial charge >= 0.3 is 41.5 Å². The van der Waals surface area contributed by atoms with Crippen LogP contribution in [-0.2, 0) is 19.1 Å². The van der Waals surface area contributed by atoms with Crippen LogP contribution in [0.3, 0.4) is 0 Å². The molecule has 0 amide bonds. The maximum absolute atomic E-state index is 10.6. The molecule has 0 aromatic carbocycles. The topological polar surface area (TPSA) is 124 Å². The number of aliphatic carboxylic acids is 1. The van der Waals surface area contributed by atoms with Crippen LogP contribution in [0.1, 0.15) is 6.92 Å². The molecule has 0 rings (SSSR count). The minimum Gasteiger partial charge on any atom is -0.547 e. The third-order valence-electron chi connectivity index (χ3n) is 1.03. The van der Waals surface area contributed by atoms with Gasteiger partial charge in [0.2, 0.25) is 0 Å². The van der Waals surface area contributed by atoms with E-state index in [0.29, 0.717) is 0 Å². The van der Waals surface area contributed by atoms with Gasteiger partial charge in [0.1, 0.15) is 6.10 Å². The molecule has 0 fully saturated rings. The minimum atomic E-state index is -2.41. The molecule has 0 spiro atoms. The first kappa shape index (κ1) is 16.0. The van der Waals surface area contributed by atoms with Gasteiger partial charge in [-0.05, 0) is 0 Å². The van der Waals surface area contributed by atoms with Gasteiger partial charge in [-0.15, -0.1) is 0 Å². The molecule has 0 saturated heterocycles. The monoisotopic (exact) mass is 214 g/mol. The number of carbonyl (C=O) groups excluding carboxylic acids is 3. The van der Waals surface area contributed by atoms with E-state index in [1.165, 1.54) is 0 Å². The molecular formula is C6H7NaO7. The number of esters is 2. The first-order valence-corrected chi connectivity index (χ1v) is 3.15. The number of carboxylic acid groups (broad SMARTS) is 1. The standard InChI is InChI=1S/C6H8O7.Na/c1-2(7)13-6(12)4(9)3(8)5(10)11;/h3-4,8-9H,1H3,(H,10,11);/q;+1/p-1. The summed E-state index contributed by atoms with van der Waals surface area (Å²) in [7, 11) is 0. The van der Waals surface area contributed by atoms with Crippen LogP contribution in [0, 0.1) is 0 Å². The summed E-state index contributed by atoms with van der Waals surface area (Å²) >= 11 is 0. The molecule has 0 saturated carbocycles. The number of aliphatic hydroxyl groups excluding tert-OH is 2. The molecule has 0 aromatic heterocycles. The van der Waals surface area contributed by atoms with E-state index in [1.807, 2.05) is 0 Å². The normalized spacial score (nSPS) is 13.4. The largest absolute Gasteiger partial charge is 1.00 e. The predicted molar refractivity (Wildman–Crippen MR) is 33.8 cm³/mol. The van der Waals surface area contributed by atoms with Crippen molar-refractivity contribution in [1.29, 1.82) is 0 Å². The molecule has 2 N–H and O–H groups in total. The molecule has 7 nitrogen and oxygen atoms in total. The third-order valence-corrected chi connectivity index (χ3v) is 1.03. The van der Waals surface area contributed by atoms with Gasteiger partial charge in [-0.1, -0.05) is 0 Å². The van der Waals surface area contributed by atoms with Crippen molar-refractivity contribution in [3.63, 3.8) is 0 Å². The van der Waals surface area contributed by atoms with Gasteiger partial charge in [0, 0.05) is 6.92 Å². The Morgan fingerprint density at radius 3 is 1.93 bits per heavy atom. The summed E-state index contributed by atoms with van der Waals surface area (Å²) in [4.78, 5) is 30.6. The summed E-state index contributed by atoms with van der Waals surface area (Å²) < 4.78 is 3.80. The summed E-state index contributed by atoms with van der Waals surface area (Å²) in [5.41, 5.74) is 0. The van der Waals surface area contributed by atoms with Crippen LogP contribution in [0.2, 0.25) is 0 Å². The van der Waals surface area contributed by atoms with Gasteiger partial charge in [-0.2, -0.15) is 0 Å². The Morgan fingerprint density at radius 2 is 1.64 bits per heavy atom. The second-order valence-corrected chi connectivity index (χ2v) is 2.12. The van der Waals surface area contributed by atoms with Crippen molar-refractivity contribution in [2.24, 2.45) is 0 Å². The van der Waals surface area contributed by atoms with E-state index in [2.05, 4.69) is 4.74 Å². The number of ether oxygens (including phenoxy) is 1. The second kappa shape index (κ2) is 6.91. The Bertz CT molecular complexity index is 238. The predicted octanol–water partition coefficient (Wildman–Crippen LogP) is -6.45. The molecule has 2 atom stereocenters. The van der Waals surface area contributed by atoms with Crippen LogP contribution >= 0.6 is 0 Å². The zero-order valence-electron chi connectivity index (χ0n) is 7.59. The second-order valence-electron chi connectivity index (χ2n) is 2.12. The molecule has 0 aliphatic carbocycles. The Hall–Kier alpha value is -0.470. The van der Waals surface area contributed by atoms with E-state index in [9.17, 15) is 19.5 Å². The van der Waals surface area contributed by atoms with Crippen molar-refractivity contribution >= 4 is 17.9 Å². The van der Waals surface area contributed by atoms with Crippen LogP contribution in [0.5, 0.6) is 0 Å². The SMILES string of the molecule is CC(=O)OC(=O)C(O)C(O)C(=O)[O-].[Na+]. The summed E-state index contributed by atoms with van der Waals surface area (Å²) in [6.07, 6.45) is -4.74. The molecule has 8 heteroatoms. The van der Waals surface area contributed by atoms with E-state index in [4.69, 9.17) is 10.2 Å². The van der Waals surface area contributed by atoms with Gasteiger partial charge < -0.3 is 24.9 Å². The van der Waals surface area contributed by atoms with Crippen molar-refractivity contribution in [2.75, 3.05) is 0 Å². The number of aliphatic hydroxyl groups is 2. The maximum Gasteiger partial charge on any atom is 1.00 e. The number of carboxylic acids is 1. The van der Waals surface area contributed by atoms with E-state index >= 15 is 0 Å². The van der Waals surface area contributed by atoms with Crippen LogP contribution in [0.4, 0.5) is 0 Å².